The SMILES string of the molecule is CCNCC1CCCN(Cc2ccc(C(=O)O)cc2)C1. The summed E-state index contributed by atoms with van der Waals surface area (Å²) in [4.78, 5) is 13.3. The van der Waals surface area contributed by atoms with Gasteiger partial charge in [0.1, 0.15) is 0 Å². The summed E-state index contributed by atoms with van der Waals surface area (Å²) in [5.74, 6) is -0.123. The quantitative estimate of drug-likeness (QED) is 0.836. The van der Waals surface area contributed by atoms with Crippen molar-refractivity contribution in [3.8, 4) is 0 Å². The predicted octanol–water partition coefficient (Wildman–Crippen LogP) is 2.21. The Labute approximate surface area is 120 Å². The molecule has 1 saturated heterocycles. The van der Waals surface area contributed by atoms with Gasteiger partial charge in [0.05, 0.1) is 5.56 Å². The van der Waals surface area contributed by atoms with Crippen molar-refractivity contribution < 1.29 is 9.90 Å². The predicted molar refractivity (Wildman–Crippen MR) is 79.9 cm³/mol. The highest BCUT2D eigenvalue weighted by atomic mass is 16.4. The first-order chi connectivity index (χ1) is 9.69. The van der Waals surface area contributed by atoms with Crippen LogP contribution in [0, 0.1) is 5.92 Å². The number of aromatic carboxylic acids is 1. The van der Waals surface area contributed by atoms with Crippen LogP contribution < -0.4 is 5.32 Å². The van der Waals surface area contributed by atoms with E-state index < -0.39 is 5.97 Å². The highest BCUT2D eigenvalue weighted by molar-refractivity contribution is 5.87. The molecule has 1 aromatic rings. The monoisotopic (exact) mass is 276 g/mol. The van der Waals surface area contributed by atoms with Crippen molar-refractivity contribution in [3.05, 3.63) is 35.4 Å². The number of carboxylic acids is 1. The van der Waals surface area contributed by atoms with Crippen LogP contribution in [0.3, 0.4) is 0 Å². The first-order valence-electron chi connectivity index (χ1n) is 7.44. The topological polar surface area (TPSA) is 52.6 Å². The fraction of sp³-hybridized carbons (Fsp3) is 0.562. The average molecular weight is 276 g/mol. The summed E-state index contributed by atoms with van der Waals surface area (Å²) in [5.41, 5.74) is 1.55. The summed E-state index contributed by atoms with van der Waals surface area (Å²) in [6, 6.07) is 7.24. The molecule has 1 aliphatic rings. The highest BCUT2D eigenvalue weighted by Crippen LogP contribution is 2.18. The zero-order valence-corrected chi connectivity index (χ0v) is 12.1. The van der Waals surface area contributed by atoms with Gasteiger partial charge in [0.25, 0.3) is 0 Å². The summed E-state index contributed by atoms with van der Waals surface area (Å²) in [6.45, 7) is 7.47. The van der Waals surface area contributed by atoms with Gasteiger partial charge in [-0.05, 0) is 56.1 Å². The van der Waals surface area contributed by atoms with Crippen LogP contribution in [-0.2, 0) is 6.54 Å². The normalized spacial score (nSPS) is 19.9. The molecule has 0 amide bonds. The molecule has 4 heteroatoms. The minimum atomic E-state index is -0.861. The largest absolute Gasteiger partial charge is 0.478 e. The molecule has 1 fully saturated rings. The standard InChI is InChI=1S/C16H24N2O2/c1-2-17-10-14-4-3-9-18(12-14)11-13-5-7-15(8-6-13)16(19)20/h5-8,14,17H,2-4,9-12H2,1H3,(H,19,20). The van der Waals surface area contributed by atoms with Crippen molar-refractivity contribution in [2.75, 3.05) is 26.2 Å². The van der Waals surface area contributed by atoms with E-state index in [0.29, 0.717) is 5.56 Å². The van der Waals surface area contributed by atoms with Gasteiger partial charge in [-0.1, -0.05) is 19.1 Å². The van der Waals surface area contributed by atoms with Gasteiger partial charge < -0.3 is 10.4 Å². The Kier molecular flexibility index (Phi) is 5.56. The van der Waals surface area contributed by atoms with Gasteiger partial charge in [-0.25, -0.2) is 4.79 Å². The second-order valence-corrected chi connectivity index (χ2v) is 5.55. The molecule has 0 saturated carbocycles. The number of likely N-dealkylation sites (tertiary alicyclic amines) is 1. The van der Waals surface area contributed by atoms with Gasteiger partial charge in [0, 0.05) is 13.1 Å². The van der Waals surface area contributed by atoms with Gasteiger partial charge in [0.15, 0.2) is 0 Å². The van der Waals surface area contributed by atoms with Gasteiger partial charge in [-0.2, -0.15) is 0 Å². The molecule has 2 N–H and O–H groups in total. The lowest BCUT2D eigenvalue weighted by atomic mass is 9.97. The zero-order valence-electron chi connectivity index (χ0n) is 12.1. The summed E-state index contributed by atoms with van der Waals surface area (Å²) in [7, 11) is 0. The molecule has 0 aliphatic carbocycles. The summed E-state index contributed by atoms with van der Waals surface area (Å²) in [6.07, 6.45) is 2.56. The van der Waals surface area contributed by atoms with Crippen LogP contribution in [0.15, 0.2) is 24.3 Å². The number of nitrogens with zero attached hydrogens (tertiary/aromatic N) is 1. The van der Waals surface area contributed by atoms with Crippen molar-refractivity contribution in [3.63, 3.8) is 0 Å². The molecular weight excluding hydrogens is 252 g/mol. The molecule has 1 aromatic carbocycles. The first kappa shape index (κ1) is 15.0. The summed E-state index contributed by atoms with van der Waals surface area (Å²) in [5, 5.41) is 12.3. The van der Waals surface area contributed by atoms with Crippen molar-refractivity contribution in [2.45, 2.75) is 26.3 Å². The molecule has 1 atom stereocenters. The minimum absolute atomic E-state index is 0.359. The maximum Gasteiger partial charge on any atom is 0.335 e. The minimum Gasteiger partial charge on any atom is -0.478 e. The maximum atomic E-state index is 10.8. The van der Waals surface area contributed by atoms with Crippen LogP contribution in [0.5, 0.6) is 0 Å². The molecule has 1 heterocycles. The maximum absolute atomic E-state index is 10.8. The third-order valence-electron chi connectivity index (χ3n) is 3.89. The molecule has 1 aliphatic heterocycles. The number of carbonyl (C=O) groups is 1. The van der Waals surface area contributed by atoms with E-state index in [-0.39, 0.29) is 0 Å². The lowest BCUT2D eigenvalue weighted by molar-refractivity contribution is 0.0697. The fourth-order valence-electron chi connectivity index (χ4n) is 2.82. The Balaban J connectivity index is 1.87. The van der Waals surface area contributed by atoms with Gasteiger partial charge >= 0.3 is 5.97 Å². The zero-order chi connectivity index (χ0) is 14.4. The number of hydrogen-bond acceptors (Lipinski definition) is 3. The molecular formula is C16H24N2O2. The number of rotatable bonds is 6. The highest BCUT2D eigenvalue weighted by Gasteiger charge is 2.19. The van der Waals surface area contributed by atoms with Crippen LogP contribution in [0.1, 0.15) is 35.7 Å². The van der Waals surface area contributed by atoms with Crippen LogP contribution in [-0.4, -0.2) is 42.2 Å². The summed E-state index contributed by atoms with van der Waals surface area (Å²) >= 11 is 0. The first-order valence-corrected chi connectivity index (χ1v) is 7.44. The third kappa shape index (κ3) is 4.32. The number of hydrogen-bond donors (Lipinski definition) is 2. The van der Waals surface area contributed by atoms with Gasteiger partial charge in [-0.15, -0.1) is 0 Å². The molecule has 110 valence electrons. The Morgan fingerprint density at radius 3 is 2.80 bits per heavy atom. The number of piperidine rings is 1. The van der Waals surface area contributed by atoms with Crippen molar-refractivity contribution in [1.29, 1.82) is 0 Å². The fourth-order valence-corrected chi connectivity index (χ4v) is 2.82. The second kappa shape index (κ2) is 7.41. The lowest BCUT2D eigenvalue weighted by Gasteiger charge is -2.32. The Morgan fingerprint density at radius 2 is 2.15 bits per heavy atom. The molecule has 20 heavy (non-hydrogen) atoms. The molecule has 0 bridgehead atoms. The number of nitrogens with one attached hydrogen (secondary N) is 1. The second-order valence-electron chi connectivity index (χ2n) is 5.55. The van der Waals surface area contributed by atoms with Crippen LogP contribution in [0.2, 0.25) is 0 Å². The van der Waals surface area contributed by atoms with E-state index >= 15 is 0 Å². The summed E-state index contributed by atoms with van der Waals surface area (Å²) < 4.78 is 0. The van der Waals surface area contributed by atoms with Crippen molar-refractivity contribution >= 4 is 5.97 Å². The molecule has 0 radical (unpaired) electrons. The van der Waals surface area contributed by atoms with Crippen molar-refractivity contribution in [2.24, 2.45) is 5.92 Å². The third-order valence-corrected chi connectivity index (χ3v) is 3.89. The molecule has 2 rings (SSSR count). The van der Waals surface area contributed by atoms with Gasteiger partial charge in [0.2, 0.25) is 0 Å². The van der Waals surface area contributed by atoms with E-state index in [1.807, 2.05) is 12.1 Å². The van der Waals surface area contributed by atoms with E-state index in [1.54, 1.807) is 12.1 Å². The Morgan fingerprint density at radius 1 is 1.40 bits per heavy atom. The average Bonchev–Trinajstić information content (AvgIpc) is 2.46. The van der Waals surface area contributed by atoms with Crippen LogP contribution >= 0.6 is 0 Å². The van der Waals surface area contributed by atoms with E-state index in [4.69, 9.17) is 5.11 Å². The van der Waals surface area contributed by atoms with E-state index in [9.17, 15) is 4.79 Å². The molecule has 1 unspecified atom stereocenters. The van der Waals surface area contributed by atoms with Gasteiger partial charge in [-0.3, -0.25) is 4.90 Å². The van der Waals surface area contributed by atoms with Crippen LogP contribution in [0.25, 0.3) is 0 Å². The number of carboxylic acid groups (broad SMARTS) is 1. The molecule has 4 nitrogen and oxygen atoms in total. The Bertz CT molecular complexity index is 431. The molecule has 0 aromatic heterocycles. The van der Waals surface area contributed by atoms with Crippen molar-refractivity contribution in [1.82, 2.24) is 10.2 Å². The van der Waals surface area contributed by atoms with E-state index in [2.05, 4.69) is 17.1 Å². The molecule has 0 spiro atoms. The van der Waals surface area contributed by atoms with E-state index in [0.717, 1.165) is 38.6 Å². The smallest absolute Gasteiger partial charge is 0.335 e. The van der Waals surface area contributed by atoms with E-state index in [1.165, 1.54) is 18.4 Å². The lowest BCUT2D eigenvalue weighted by Crippen LogP contribution is -2.39. The number of benzene rings is 1. The Hall–Kier alpha value is -1.39. The van der Waals surface area contributed by atoms with Crippen LogP contribution in [0.4, 0.5) is 0 Å².